The second kappa shape index (κ2) is 9.88. The van der Waals surface area contributed by atoms with Gasteiger partial charge in [0, 0.05) is 15.7 Å². The summed E-state index contributed by atoms with van der Waals surface area (Å²) in [5, 5.41) is -0.0944. The minimum Gasteiger partial charge on any atom is -0.366 e. The van der Waals surface area contributed by atoms with Crippen molar-refractivity contribution in [1.82, 2.24) is 0 Å². The molecular weight excluding hydrogens is 620 g/mol. The second-order valence-electron chi connectivity index (χ2n) is 6.64. The zero-order chi connectivity index (χ0) is 25.4. The number of benzene rings is 3. The number of nitrogens with two attached hydrogens (primary N) is 1. The minimum absolute atomic E-state index is 0.0596. The van der Waals surface area contributed by atoms with Gasteiger partial charge in [-0.25, -0.2) is 21.2 Å². The average Bonchev–Trinajstić information content (AvgIpc) is 2.70. The smallest absolute Gasteiger partial charge is 0.262 e. The number of primary amides is 1. The van der Waals surface area contributed by atoms with Gasteiger partial charge in [-0.3, -0.25) is 14.2 Å². The Bertz CT molecular complexity index is 1520. The lowest BCUT2D eigenvalue weighted by Crippen LogP contribution is -2.21. The molecule has 0 aliphatic carbocycles. The van der Waals surface area contributed by atoms with E-state index >= 15 is 0 Å². The summed E-state index contributed by atoms with van der Waals surface area (Å²) in [5.74, 6) is -1.87. The number of sulfonamides is 2. The van der Waals surface area contributed by atoms with E-state index in [1.807, 2.05) is 0 Å². The maximum atomic E-state index is 13.6. The van der Waals surface area contributed by atoms with Crippen LogP contribution in [0, 0.1) is 5.82 Å². The molecule has 180 valence electrons. The van der Waals surface area contributed by atoms with E-state index in [0.717, 1.165) is 42.5 Å². The molecule has 0 atom stereocenters. The van der Waals surface area contributed by atoms with Crippen LogP contribution in [0.15, 0.2) is 62.8 Å². The second-order valence-corrected chi connectivity index (χ2v) is 12.1. The molecule has 0 heterocycles. The molecule has 0 aliphatic rings. The van der Waals surface area contributed by atoms with Crippen LogP contribution >= 0.6 is 50.7 Å². The number of nitrogens with one attached hydrogen (secondary N) is 2. The number of rotatable bonds is 7. The van der Waals surface area contributed by atoms with Crippen molar-refractivity contribution in [2.24, 2.45) is 5.73 Å². The Hall–Kier alpha value is -2.09. The fourth-order valence-electron chi connectivity index (χ4n) is 2.72. The number of hydrogen-bond donors (Lipinski definition) is 3. The van der Waals surface area contributed by atoms with Crippen molar-refractivity contribution in [3.63, 3.8) is 0 Å². The molecule has 8 nitrogen and oxygen atoms in total. The fourth-order valence-corrected chi connectivity index (χ4v) is 6.35. The van der Waals surface area contributed by atoms with Crippen molar-refractivity contribution in [1.29, 1.82) is 0 Å². The Labute approximate surface area is 217 Å². The maximum Gasteiger partial charge on any atom is 0.262 e. The minimum atomic E-state index is -4.46. The molecule has 3 rings (SSSR count). The molecule has 0 aliphatic heterocycles. The van der Waals surface area contributed by atoms with Gasteiger partial charge in [-0.1, -0.05) is 34.8 Å². The van der Waals surface area contributed by atoms with E-state index in [0.29, 0.717) is 0 Å². The summed E-state index contributed by atoms with van der Waals surface area (Å²) < 4.78 is 69.1. The molecule has 0 aromatic heterocycles. The van der Waals surface area contributed by atoms with Crippen LogP contribution in [-0.4, -0.2) is 22.7 Å². The topological polar surface area (TPSA) is 135 Å². The van der Waals surface area contributed by atoms with Gasteiger partial charge < -0.3 is 5.73 Å². The Morgan fingerprint density at radius 2 is 1.50 bits per heavy atom. The summed E-state index contributed by atoms with van der Waals surface area (Å²) in [6, 6.07) is 8.64. The molecule has 0 saturated heterocycles. The van der Waals surface area contributed by atoms with Gasteiger partial charge in [0.1, 0.15) is 10.7 Å². The van der Waals surface area contributed by atoms with E-state index < -0.39 is 42.2 Å². The molecule has 0 saturated carbocycles. The molecule has 0 fully saturated rings. The van der Waals surface area contributed by atoms with Crippen LogP contribution in [0.25, 0.3) is 0 Å². The van der Waals surface area contributed by atoms with Crippen molar-refractivity contribution in [2.45, 2.75) is 9.79 Å². The summed E-state index contributed by atoms with van der Waals surface area (Å²) in [6.45, 7) is 0. The largest absolute Gasteiger partial charge is 0.366 e. The van der Waals surface area contributed by atoms with E-state index in [9.17, 15) is 26.0 Å². The Kier molecular flexibility index (Phi) is 7.70. The Balaban J connectivity index is 2.00. The van der Waals surface area contributed by atoms with Gasteiger partial charge in [-0.15, -0.1) is 0 Å². The summed E-state index contributed by atoms with van der Waals surface area (Å²) >= 11 is 20.5. The number of carbonyl (C=O) groups is 1. The van der Waals surface area contributed by atoms with Crippen LogP contribution in [0.4, 0.5) is 15.8 Å². The van der Waals surface area contributed by atoms with Crippen molar-refractivity contribution in [2.75, 3.05) is 9.44 Å². The molecular formula is C19H12BrCl3FN3O5S2. The summed E-state index contributed by atoms with van der Waals surface area (Å²) in [4.78, 5) is 11.2. The normalized spacial score (nSPS) is 11.8. The predicted octanol–water partition coefficient (Wildman–Crippen LogP) is 5.25. The summed E-state index contributed by atoms with van der Waals surface area (Å²) in [7, 11) is -8.66. The monoisotopic (exact) mass is 629 g/mol. The van der Waals surface area contributed by atoms with Gasteiger partial charge in [-0.05, 0) is 64.5 Å². The van der Waals surface area contributed by atoms with Crippen LogP contribution in [0.5, 0.6) is 0 Å². The third-order valence-corrected chi connectivity index (χ3v) is 8.33. The van der Waals surface area contributed by atoms with Crippen LogP contribution in [-0.2, 0) is 20.0 Å². The third kappa shape index (κ3) is 5.93. The lowest BCUT2D eigenvalue weighted by atomic mass is 10.2. The molecule has 4 N–H and O–H groups in total. The van der Waals surface area contributed by atoms with E-state index in [1.54, 1.807) is 0 Å². The van der Waals surface area contributed by atoms with Gasteiger partial charge in [0.15, 0.2) is 0 Å². The van der Waals surface area contributed by atoms with Crippen LogP contribution in [0.3, 0.4) is 0 Å². The first-order valence-electron chi connectivity index (χ1n) is 8.80. The Morgan fingerprint density at radius 3 is 2.09 bits per heavy atom. The third-order valence-electron chi connectivity index (χ3n) is 4.19. The highest BCUT2D eigenvalue weighted by Gasteiger charge is 2.25. The molecule has 3 aromatic rings. The number of amides is 1. The highest BCUT2D eigenvalue weighted by molar-refractivity contribution is 9.10. The molecule has 0 unspecified atom stereocenters. The van der Waals surface area contributed by atoms with Gasteiger partial charge >= 0.3 is 0 Å². The number of halogens is 5. The van der Waals surface area contributed by atoms with Crippen molar-refractivity contribution in [3.05, 3.63) is 79.5 Å². The molecule has 1 amide bonds. The molecule has 0 bridgehead atoms. The number of hydrogen-bond acceptors (Lipinski definition) is 5. The van der Waals surface area contributed by atoms with Crippen molar-refractivity contribution >= 4 is 88.1 Å². The maximum absolute atomic E-state index is 13.6. The van der Waals surface area contributed by atoms with E-state index in [2.05, 4.69) is 25.4 Å². The van der Waals surface area contributed by atoms with Gasteiger partial charge in [0.2, 0.25) is 5.91 Å². The van der Waals surface area contributed by atoms with Crippen molar-refractivity contribution in [3.8, 4) is 0 Å². The van der Waals surface area contributed by atoms with Crippen LogP contribution in [0.2, 0.25) is 15.1 Å². The van der Waals surface area contributed by atoms with E-state index in [4.69, 9.17) is 40.5 Å². The number of anilines is 2. The molecule has 0 spiro atoms. The molecule has 0 radical (unpaired) electrons. The van der Waals surface area contributed by atoms with Crippen molar-refractivity contribution < 1.29 is 26.0 Å². The SMILES string of the molecule is NC(=O)c1cc(NS(=O)(=O)c2cc(Cl)cc(Cl)c2)ccc1S(=O)(=O)Nc1cc(Br)c(F)cc1Cl. The summed E-state index contributed by atoms with van der Waals surface area (Å²) in [6.07, 6.45) is 0. The van der Waals surface area contributed by atoms with Gasteiger partial charge in [-0.2, -0.15) is 0 Å². The first-order valence-corrected chi connectivity index (χ1v) is 13.7. The molecule has 15 heteroatoms. The van der Waals surface area contributed by atoms with Gasteiger partial charge in [0.05, 0.1) is 25.6 Å². The Morgan fingerprint density at radius 1 is 0.882 bits per heavy atom. The average molecular weight is 632 g/mol. The first kappa shape index (κ1) is 26.5. The lowest BCUT2D eigenvalue weighted by molar-refractivity contribution is 0.0997. The van der Waals surface area contributed by atoms with Gasteiger partial charge in [0.25, 0.3) is 20.0 Å². The summed E-state index contributed by atoms with van der Waals surface area (Å²) in [5.41, 5.74) is 4.48. The molecule has 3 aromatic carbocycles. The van der Waals surface area contributed by atoms with E-state index in [1.165, 1.54) is 6.07 Å². The lowest BCUT2D eigenvalue weighted by Gasteiger charge is -2.14. The zero-order valence-electron chi connectivity index (χ0n) is 16.4. The highest BCUT2D eigenvalue weighted by Crippen LogP contribution is 2.32. The highest BCUT2D eigenvalue weighted by atomic mass is 79.9. The predicted molar refractivity (Wildman–Crippen MR) is 132 cm³/mol. The quantitative estimate of drug-likeness (QED) is 0.306. The standard InChI is InChI=1S/C19H12BrCl3FN3O5S2/c20-14-7-17(15(23)8-16(14)24)27-34(31,32)18-2-1-11(6-13(18)19(25)28)26-33(29,30)12-4-9(21)3-10(22)5-12/h1-8,26-27H,(H2,25,28). The van der Waals surface area contributed by atoms with Crippen LogP contribution < -0.4 is 15.2 Å². The fraction of sp³-hybridized carbons (Fsp3) is 0. The zero-order valence-corrected chi connectivity index (χ0v) is 21.9. The van der Waals surface area contributed by atoms with E-state index in [-0.39, 0.29) is 35.8 Å². The molecule has 34 heavy (non-hydrogen) atoms. The van der Waals surface area contributed by atoms with Crippen LogP contribution in [0.1, 0.15) is 10.4 Å². The number of carbonyl (C=O) groups excluding carboxylic acids is 1. The first-order chi connectivity index (χ1) is 15.7.